The number of amides is 1. The quantitative estimate of drug-likeness (QED) is 0.849. The first-order valence-electron chi connectivity index (χ1n) is 6.62. The molecule has 1 aromatic carbocycles. The number of rotatable bonds is 6. The third-order valence-electron chi connectivity index (χ3n) is 2.83. The number of carbonyl (C=O) groups is 1. The Morgan fingerprint density at radius 1 is 1.24 bits per heavy atom. The van der Waals surface area contributed by atoms with Gasteiger partial charge in [-0.1, -0.05) is 6.92 Å². The SMILES string of the molecule is CCCc1nc(C(=O)Nc2cc(OC)cc(OC)c2)n[nH]1. The highest BCUT2D eigenvalue weighted by Gasteiger charge is 2.13. The van der Waals surface area contributed by atoms with Crippen molar-refractivity contribution in [2.45, 2.75) is 19.8 Å². The predicted octanol–water partition coefficient (Wildman–Crippen LogP) is 2.03. The van der Waals surface area contributed by atoms with E-state index in [9.17, 15) is 4.79 Å². The van der Waals surface area contributed by atoms with Gasteiger partial charge in [0.1, 0.15) is 17.3 Å². The van der Waals surface area contributed by atoms with Crippen molar-refractivity contribution in [3.05, 3.63) is 29.8 Å². The fourth-order valence-corrected chi connectivity index (χ4v) is 1.81. The standard InChI is InChI=1S/C14H18N4O3/c1-4-5-12-16-13(18-17-12)14(19)15-9-6-10(20-2)8-11(7-9)21-3/h6-8H,4-5H2,1-3H3,(H,15,19)(H,16,17,18). The molecular weight excluding hydrogens is 272 g/mol. The summed E-state index contributed by atoms with van der Waals surface area (Å²) in [7, 11) is 3.10. The van der Waals surface area contributed by atoms with Crippen molar-refractivity contribution in [1.29, 1.82) is 0 Å². The Kier molecular flexibility index (Phi) is 4.76. The van der Waals surface area contributed by atoms with Gasteiger partial charge in [-0.2, -0.15) is 0 Å². The van der Waals surface area contributed by atoms with Gasteiger partial charge in [-0.3, -0.25) is 9.89 Å². The van der Waals surface area contributed by atoms with Crippen LogP contribution in [-0.2, 0) is 6.42 Å². The van der Waals surface area contributed by atoms with Crippen molar-refractivity contribution >= 4 is 11.6 Å². The maximum atomic E-state index is 12.1. The minimum Gasteiger partial charge on any atom is -0.497 e. The minimum absolute atomic E-state index is 0.111. The number of benzene rings is 1. The summed E-state index contributed by atoms with van der Waals surface area (Å²) in [5.41, 5.74) is 0.554. The average molecular weight is 290 g/mol. The molecule has 0 aliphatic carbocycles. The number of hydrogen-bond donors (Lipinski definition) is 2. The fourth-order valence-electron chi connectivity index (χ4n) is 1.81. The van der Waals surface area contributed by atoms with Crippen LogP contribution in [0.4, 0.5) is 5.69 Å². The van der Waals surface area contributed by atoms with Gasteiger partial charge in [-0.15, -0.1) is 5.10 Å². The van der Waals surface area contributed by atoms with E-state index >= 15 is 0 Å². The molecule has 2 N–H and O–H groups in total. The Bertz CT molecular complexity index is 602. The van der Waals surface area contributed by atoms with E-state index in [1.165, 1.54) is 0 Å². The third kappa shape index (κ3) is 3.71. The highest BCUT2D eigenvalue weighted by molar-refractivity contribution is 6.01. The lowest BCUT2D eigenvalue weighted by atomic mass is 10.2. The van der Waals surface area contributed by atoms with E-state index in [1.54, 1.807) is 32.4 Å². The molecule has 0 saturated carbocycles. The van der Waals surface area contributed by atoms with Crippen LogP contribution < -0.4 is 14.8 Å². The average Bonchev–Trinajstić information content (AvgIpc) is 2.96. The number of ether oxygens (including phenoxy) is 2. The molecule has 2 rings (SSSR count). The Morgan fingerprint density at radius 3 is 2.48 bits per heavy atom. The number of anilines is 1. The number of aromatic amines is 1. The molecule has 1 amide bonds. The number of nitrogens with zero attached hydrogens (tertiary/aromatic N) is 2. The second kappa shape index (κ2) is 6.74. The van der Waals surface area contributed by atoms with E-state index in [4.69, 9.17) is 9.47 Å². The summed E-state index contributed by atoms with van der Waals surface area (Å²) in [6.45, 7) is 2.03. The van der Waals surface area contributed by atoms with E-state index in [1.807, 2.05) is 6.92 Å². The highest BCUT2D eigenvalue weighted by Crippen LogP contribution is 2.25. The van der Waals surface area contributed by atoms with Crippen molar-refractivity contribution in [3.63, 3.8) is 0 Å². The normalized spacial score (nSPS) is 10.2. The van der Waals surface area contributed by atoms with Crippen LogP contribution in [-0.4, -0.2) is 35.3 Å². The molecule has 0 fully saturated rings. The molecule has 0 bridgehead atoms. The molecule has 1 aromatic heterocycles. The topological polar surface area (TPSA) is 89.1 Å². The zero-order valence-corrected chi connectivity index (χ0v) is 12.3. The highest BCUT2D eigenvalue weighted by atomic mass is 16.5. The number of H-pyrrole nitrogens is 1. The summed E-state index contributed by atoms with van der Waals surface area (Å²) in [4.78, 5) is 16.2. The molecule has 7 nitrogen and oxygen atoms in total. The van der Waals surface area contributed by atoms with E-state index in [2.05, 4.69) is 20.5 Å². The molecule has 0 radical (unpaired) electrons. The van der Waals surface area contributed by atoms with E-state index in [-0.39, 0.29) is 11.7 Å². The lowest BCUT2D eigenvalue weighted by Crippen LogP contribution is -2.14. The van der Waals surface area contributed by atoms with Gasteiger partial charge in [0.15, 0.2) is 0 Å². The molecule has 21 heavy (non-hydrogen) atoms. The summed E-state index contributed by atoms with van der Waals surface area (Å²) in [5.74, 6) is 1.60. The van der Waals surface area contributed by atoms with Crippen LogP contribution in [0.5, 0.6) is 11.5 Å². The molecule has 7 heteroatoms. The molecule has 1 heterocycles. The Morgan fingerprint density at radius 2 is 1.90 bits per heavy atom. The summed E-state index contributed by atoms with van der Waals surface area (Å²) in [6.07, 6.45) is 1.69. The maximum absolute atomic E-state index is 12.1. The van der Waals surface area contributed by atoms with Gasteiger partial charge in [0.25, 0.3) is 5.91 Å². The number of nitrogens with one attached hydrogen (secondary N) is 2. The van der Waals surface area contributed by atoms with Gasteiger partial charge in [0.2, 0.25) is 5.82 Å². The predicted molar refractivity (Wildman–Crippen MR) is 77.9 cm³/mol. The minimum atomic E-state index is -0.385. The maximum Gasteiger partial charge on any atom is 0.295 e. The van der Waals surface area contributed by atoms with Gasteiger partial charge in [-0.05, 0) is 6.42 Å². The van der Waals surface area contributed by atoms with Crippen molar-refractivity contribution < 1.29 is 14.3 Å². The van der Waals surface area contributed by atoms with Crippen LogP contribution in [0.2, 0.25) is 0 Å². The smallest absolute Gasteiger partial charge is 0.295 e. The van der Waals surface area contributed by atoms with Crippen LogP contribution in [0.1, 0.15) is 29.8 Å². The number of aryl methyl sites for hydroxylation is 1. The zero-order valence-electron chi connectivity index (χ0n) is 12.3. The van der Waals surface area contributed by atoms with Crippen molar-refractivity contribution in [1.82, 2.24) is 15.2 Å². The Labute approximate surface area is 122 Å². The van der Waals surface area contributed by atoms with Crippen molar-refractivity contribution in [2.24, 2.45) is 0 Å². The molecule has 0 aliphatic rings. The molecule has 112 valence electrons. The van der Waals surface area contributed by atoms with Crippen LogP contribution in [0.25, 0.3) is 0 Å². The molecule has 0 atom stereocenters. The Balaban J connectivity index is 2.14. The van der Waals surface area contributed by atoms with E-state index in [0.29, 0.717) is 23.0 Å². The van der Waals surface area contributed by atoms with E-state index < -0.39 is 0 Å². The largest absolute Gasteiger partial charge is 0.497 e. The lowest BCUT2D eigenvalue weighted by Gasteiger charge is -2.08. The second-order valence-corrected chi connectivity index (χ2v) is 4.41. The number of hydrogen-bond acceptors (Lipinski definition) is 5. The fraction of sp³-hybridized carbons (Fsp3) is 0.357. The first-order chi connectivity index (χ1) is 10.2. The number of carbonyl (C=O) groups excluding carboxylic acids is 1. The zero-order chi connectivity index (χ0) is 15.2. The third-order valence-corrected chi connectivity index (χ3v) is 2.83. The van der Waals surface area contributed by atoms with Gasteiger partial charge < -0.3 is 14.8 Å². The molecule has 0 spiro atoms. The van der Waals surface area contributed by atoms with Crippen molar-refractivity contribution in [3.8, 4) is 11.5 Å². The van der Waals surface area contributed by atoms with Crippen LogP contribution in [0.15, 0.2) is 18.2 Å². The molecule has 0 unspecified atom stereocenters. The van der Waals surface area contributed by atoms with Crippen molar-refractivity contribution in [2.75, 3.05) is 19.5 Å². The number of methoxy groups -OCH3 is 2. The molecular formula is C14H18N4O3. The summed E-state index contributed by atoms with van der Waals surface area (Å²) < 4.78 is 10.3. The molecule has 0 saturated heterocycles. The van der Waals surface area contributed by atoms with Gasteiger partial charge in [0, 0.05) is 30.3 Å². The molecule has 0 aliphatic heterocycles. The summed E-state index contributed by atoms with van der Waals surface area (Å²) in [6, 6.07) is 5.11. The van der Waals surface area contributed by atoms with Gasteiger partial charge in [0.05, 0.1) is 14.2 Å². The van der Waals surface area contributed by atoms with E-state index in [0.717, 1.165) is 12.8 Å². The van der Waals surface area contributed by atoms with Gasteiger partial charge in [-0.25, -0.2) is 4.98 Å². The Hall–Kier alpha value is -2.57. The van der Waals surface area contributed by atoms with Crippen LogP contribution in [0.3, 0.4) is 0 Å². The van der Waals surface area contributed by atoms with Crippen LogP contribution >= 0.6 is 0 Å². The van der Waals surface area contributed by atoms with Crippen LogP contribution in [0, 0.1) is 0 Å². The first-order valence-corrected chi connectivity index (χ1v) is 6.62. The summed E-state index contributed by atoms with van der Waals surface area (Å²) in [5, 5.41) is 9.37. The lowest BCUT2D eigenvalue weighted by molar-refractivity contribution is 0.101. The monoisotopic (exact) mass is 290 g/mol. The second-order valence-electron chi connectivity index (χ2n) is 4.41. The number of aromatic nitrogens is 3. The van der Waals surface area contributed by atoms with Gasteiger partial charge >= 0.3 is 0 Å². The first kappa shape index (κ1) is 14.8. The molecule has 2 aromatic rings. The summed E-state index contributed by atoms with van der Waals surface area (Å²) >= 11 is 0.